The second-order valence-corrected chi connectivity index (χ2v) is 2.83. The summed E-state index contributed by atoms with van der Waals surface area (Å²) in [6.07, 6.45) is 2.89. The maximum atomic E-state index is 11.3. The second kappa shape index (κ2) is 3.84. The number of ketones is 1. The molecule has 0 saturated carbocycles. The zero-order valence-electron chi connectivity index (χ0n) is 7.57. The normalized spacial score (nSPS) is 9.69. The van der Waals surface area contributed by atoms with E-state index in [-0.39, 0.29) is 23.9 Å². The van der Waals surface area contributed by atoms with Gasteiger partial charge in [-0.25, -0.2) is 4.98 Å². The highest BCUT2D eigenvalue weighted by Gasteiger charge is 2.14. The SMILES string of the molecule is CN(C)C(=O)CC(=O)c1ncc[nH]1. The molecule has 0 atom stereocenters. The lowest BCUT2D eigenvalue weighted by Gasteiger charge is -2.07. The van der Waals surface area contributed by atoms with E-state index < -0.39 is 0 Å². The first kappa shape index (κ1) is 9.44. The van der Waals surface area contributed by atoms with Crippen molar-refractivity contribution in [3.8, 4) is 0 Å². The summed E-state index contributed by atoms with van der Waals surface area (Å²) in [5, 5.41) is 0. The van der Waals surface area contributed by atoms with Crippen LogP contribution in [0.5, 0.6) is 0 Å². The van der Waals surface area contributed by atoms with Crippen LogP contribution in [-0.4, -0.2) is 40.7 Å². The standard InChI is InChI=1S/C8H11N3O2/c1-11(2)7(13)5-6(12)8-9-3-4-10-8/h3-4H,5H2,1-2H3,(H,9,10). The average molecular weight is 181 g/mol. The van der Waals surface area contributed by atoms with E-state index in [0.717, 1.165) is 0 Å². The Morgan fingerprint density at radius 2 is 2.23 bits per heavy atom. The summed E-state index contributed by atoms with van der Waals surface area (Å²) in [6, 6.07) is 0. The highest BCUT2D eigenvalue weighted by Crippen LogP contribution is 1.97. The van der Waals surface area contributed by atoms with Gasteiger partial charge >= 0.3 is 0 Å². The third-order valence-electron chi connectivity index (χ3n) is 1.57. The third-order valence-corrected chi connectivity index (χ3v) is 1.57. The van der Waals surface area contributed by atoms with E-state index in [1.54, 1.807) is 20.3 Å². The number of H-pyrrole nitrogens is 1. The monoisotopic (exact) mass is 181 g/mol. The Hall–Kier alpha value is -1.65. The number of Topliss-reactive ketones (excluding diaryl/α,β-unsaturated/α-hetero) is 1. The molecule has 0 bridgehead atoms. The van der Waals surface area contributed by atoms with Crippen LogP contribution in [0.2, 0.25) is 0 Å². The lowest BCUT2D eigenvalue weighted by Crippen LogP contribution is -2.24. The summed E-state index contributed by atoms with van der Waals surface area (Å²) in [4.78, 5) is 30.2. The molecule has 1 aromatic heterocycles. The molecular weight excluding hydrogens is 170 g/mol. The first-order chi connectivity index (χ1) is 6.11. The molecule has 5 nitrogen and oxygen atoms in total. The van der Waals surface area contributed by atoms with Crippen LogP contribution in [0.4, 0.5) is 0 Å². The number of imidazole rings is 1. The maximum absolute atomic E-state index is 11.3. The molecule has 0 radical (unpaired) electrons. The molecule has 70 valence electrons. The maximum Gasteiger partial charge on any atom is 0.230 e. The molecule has 0 aliphatic carbocycles. The van der Waals surface area contributed by atoms with Gasteiger partial charge in [-0.2, -0.15) is 0 Å². The van der Waals surface area contributed by atoms with Crippen LogP contribution < -0.4 is 0 Å². The van der Waals surface area contributed by atoms with Crippen molar-refractivity contribution in [3.63, 3.8) is 0 Å². The Morgan fingerprint density at radius 1 is 1.54 bits per heavy atom. The van der Waals surface area contributed by atoms with E-state index in [9.17, 15) is 9.59 Å². The minimum atomic E-state index is -0.288. The Morgan fingerprint density at radius 3 is 2.69 bits per heavy atom. The number of nitrogens with zero attached hydrogens (tertiary/aromatic N) is 2. The molecule has 1 N–H and O–H groups in total. The molecule has 1 amide bonds. The van der Waals surface area contributed by atoms with E-state index >= 15 is 0 Å². The topological polar surface area (TPSA) is 66.1 Å². The number of hydrogen-bond acceptors (Lipinski definition) is 3. The van der Waals surface area contributed by atoms with E-state index in [0.29, 0.717) is 0 Å². The fourth-order valence-electron chi connectivity index (χ4n) is 0.797. The zero-order valence-corrected chi connectivity index (χ0v) is 7.57. The highest BCUT2D eigenvalue weighted by atomic mass is 16.2. The van der Waals surface area contributed by atoms with Gasteiger partial charge in [-0.15, -0.1) is 0 Å². The largest absolute Gasteiger partial charge is 0.348 e. The summed E-state index contributed by atoms with van der Waals surface area (Å²) >= 11 is 0. The molecule has 0 unspecified atom stereocenters. The number of aromatic amines is 1. The van der Waals surface area contributed by atoms with Gasteiger partial charge in [0.1, 0.15) is 0 Å². The van der Waals surface area contributed by atoms with Crippen LogP contribution in [0.1, 0.15) is 17.0 Å². The summed E-state index contributed by atoms with van der Waals surface area (Å²) in [5.41, 5.74) is 0. The molecule has 1 aromatic rings. The number of hydrogen-bond donors (Lipinski definition) is 1. The highest BCUT2D eigenvalue weighted by molar-refractivity contribution is 6.05. The summed E-state index contributed by atoms with van der Waals surface area (Å²) in [6.45, 7) is 0. The molecule has 1 rings (SSSR count). The Kier molecular flexibility index (Phi) is 2.79. The number of carbonyl (C=O) groups excluding carboxylic acids is 2. The first-order valence-electron chi connectivity index (χ1n) is 3.84. The van der Waals surface area contributed by atoms with Crippen molar-refractivity contribution >= 4 is 11.7 Å². The van der Waals surface area contributed by atoms with Crippen molar-refractivity contribution < 1.29 is 9.59 Å². The van der Waals surface area contributed by atoms with Gasteiger partial charge in [0, 0.05) is 26.5 Å². The van der Waals surface area contributed by atoms with Crippen LogP contribution in [0.15, 0.2) is 12.4 Å². The molecule has 0 saturated heterocycles. The molecule has 0 spiro atoms. The van der Waals surface area contributed by atoms with E-state index in [2.05, 4.69) is 9.97 Å². The summed E-state index contributed by atoms with van der Waals surface area (Å²) in [7, 11) is 3.22. The van der Waals surface area contributed by atoms with Gasteiger partial charge in [0.25, 0.3) is 0 Å². The zero-order chi connectivity index (χ0) is 9.84. The molecule has 1 heterocycles. The quantitative estimate of drug-likeness (QED) is 0.530. The minimum absolute atomic E-state index is 0.138. The van der Waals surface area contributed by atoms with Crippen LogP contribution in [-0.2, 0) is 4.79 Å². The van der Waals surface area contributed by atoms with Gasteiger partial charge in [-0.3, -0.25) is 9.59 Å². The van der Waals surface area contributed by atoms with Crippen LogP contribution >= 0.6 is 0 Å². The summed E-state index contributed by atoms with van der Waals surface area (Å²) < 4.78 is 0. The van der Waals surface area contributed by atoms with Crippen LogP contribution in [0.25, 0.3) is 0 Å². The van der Waals surface area contributed by atoms with E-state index in [4.69, 9.17) is 0 Å². The van der Waals surface area contributed by atoms with Gasteiger partial charge in [0.15, 0.2) is 5.82 Å². The van der Waals surface area contributed by atoms with Crippen molar-refractivity contribution in [1.29, 1.82) is 0 Å². The lowest BCUT2D eigenvalue weighted by molar-refractivity contribution is -0.127. The smallest absolute Gasteiger partial charge is 0.230 e. The van der Waals surface area contributed by atoms with E-state index in [1.165, 1.54) is 11.1 Å². The third kappa shape index (κ3) is 2.40. The van der Waals surface area contributed by atoms with Gasteiger partial charge in [-0.1, -0.05) is 0 Å². The van der Waals surface area contributed by atoms with Crippen LogP contribution in [0.3, 0.4) is 0 Å². The minimum Gasteiger partial charge on any atom is -0.348 e. The van der Waals surface area contributed by atoms with Crippen LogP contribution in [0, 0.1) is 0 Å². The van der Waals surface area contributed by atoms with Gasteiger partial charge in [0.2, 0.25) is 11.7 Å². The molecule has 0 aliphatic heterocycles. The number of nitrogens with one attached hydrogen (secondary N) is 1. The average Bonchev–Trinajstić information content (AvgIpc) is 2.55. The number of amides is 1. The van der Waals surface area contributed by atoms with Gasteiger partial charge in [0.05, 0.1) is 6.42 Å². The predicted molar refractivity (Wildman–Crippen MR) is 46.2 cm³/mol. The Bertz CT molecular complexity index is 303. The lowest BCUT2D eigenvalue weighted by atomic mass is 10.2. The van der Waals surface area contributed by atoms with Crippen molar-refractivity contribution in [2.24, 2.45) is 0 Å². The van der Waals surface area contributed by atoms with Gasteiger partial charge in [-0.05, 0) is 0 Å². The number of aromatic nitrogens is 2. The van der Waals surface area contributed by atoms with Crippen molar-refractivity contribution in [3.05, 3.63) is 18.2 Å². The van der Waals surface area contributed by atoms with Gasteiger partial charge < -0.3 is 9.88 Å². The van der Waals surface area contributed by atoms with Crippen molar-refractivity contribution in [2.45, 2.75) is 6.42 Å². The van der Waals surface area contributed by atoms with E-state index in [1.807, 2.05) is 0 Å². The molecule has 5 heteroatoms. The fraction of sp³-hybridized carbons (Fsp3) is 0.375. The van der Waals surface area contributed by atoms with Crippen molar-refractivity contribution in [1.82, 2.24) is 14.9 Å². The fourth-order valence-corrected chi connectivity index (χ4v) is 0.797. The first-order valence-corrected chi connectivity index (χ1v) is 3.84. The molecular formula is C8H11N3O2. The molecule has 0 aromatic carbocycles. The second-order valence-electron chi connectivity index (χ2n) is 2.83. The number of carbonyl (C=O) groups is 2. The molecule has 0 fully saturated rings. The summed E-state index contributed by atoms with van der Waals surface area (Å²) in [5.74, 6) is -0.277. The molecule has 0 aliphatic rings. The Labute approximate surface area is 75.8 Å². The molecule has 13 heavy (non-hydrogen) atoms. The number of rotatable bonds is 3. The predicted octanol–water partition coefficient (Wildman–Crippen LogP) is 0.0707. The van der Waals surface area contributed by atoms with Crippen molar-refractivity contribution in [2.75, 3.05) is 14.1 Å². The Balaban J connectivity index is 2.57.